The van der Waals surface area contributed by atoms with E-state index < -0.39 is 0 Å². The van der Waals surface area contributed by atoms with Crippen molar-refractivity contribution in [2.24, 2.45) is 11.6 Å². The average Bonchev–Trinajstić information content (AvgIpc) is 2.63. The molecule has 5 N–H and O–H groups in total. The molecule has 1 heterocycles. The summed E-state index contributed by atoms with van der Waals surface area (Å²) >= 11 is 0. The first-order valence-corrected chi connectivity index (χ1v) is 8.63. The molecule has 2 atom stereocenters. The molecule has 2 rings (SSSR count). The molecule has 2 amide bonds. The van der Waals surface area contributed by atoms with Crippen LogP contribution in [0, 0.1) is 0 Å². The van der Waals surface area contributed by atoms with Crippen molar-refractivity contribution in [1.82, 2.24) is 15.1 Å². The van der Waals surface area contributed by atoms with Gasteiger partial charge in [-0.1, -0.05) is 0 Å². The number of benzene rings is 1. The minimum atomic E-state index is -0.293. The summed E-state index contributed by atoms with van der Waals surface area (Å²) in [6, 6.07) is 7.32. The number of nitrogens with zero attached hydrogens (tertiary/aromatic N) is 3. The fraction of sp³-hybridized carbons (Fsp3) is 0.444. The highest BCUT2D eigenvalue weighted by Gasteiger charge is 2.29. The summed E-state index contributed by atoms with van der Waals surface area (Å²) in [7, 11) is 2.06. The molecule has 1 saturated heterocycles. The zero-order chi connectivity index (χ0) is 19.3. The van der Waals surface area contributed by atoms with Crippen molar-refractivity contribution in [3.63, 3.8) is 0 Å². The van der Waals surface area contributed by atoms with E-state index in [0.29, 0.717) is 36.4 Å². The number of nitrogens with two attached hydrogens (primary N) is 2. The Hall–Kier alpha value is -2.58. The first-order valence-electron chi connectivity index (χ1n) is 8.63. The lowest BCUT2D eigenvalue weighted by atomic mass is 10.1. The quantitative estimate of drug-likeness (QED) is 0.507. The standard InChI is InChI=1S/C18H28N6O2/c1-13-11-23(12-14(2)22(13)3)17(25)10-21-18(26)15-4-6-16(7-5-15)24(20)9-8-19/h4-9,13-14H,10-12,19-20H2,1-3H3,(H,21,26)/b9-8-. The second-order valence-corrected chi connectivity index (χ2v) is 6.64. The number of hydrogen-bond donors (Lipinski definition) is 3. The summed E-state index contributed by atoms with van der Waals surface area (Å²) in [6.45, 7) is 5.52. The van der Waals surface area contributed by atoms with Crippen LogP contribution >= 0.6 is 0 Å². The molecule has 1 aliphatic rings. The van der Waals surface area contributed by atoms with Crippen LogP contribution in [0.2, 0.25) is 0 Å². The lowest BCUT2D eigenvalue weighted by Gasteiger charge is -2.42. The highest BCUT2D eigenvalue weighted by Crippen LogP contribution is 2.14. The van der Waals surface area contributed by atoms with Gasteiger partial charge in [-0.3, -0.25) is 19.5 Å². The highest BCUT2D eigenvalue weighted by atomic mass is 16.2. The molecule has 1 aromatic rings. The molecule has 0 radical (unpaired) electrons. The highest BCUT2D eigenvalue weighted by molar-refractivity contribution is 5.96. The van der Waals surface area contributed by atoms with Gasteiger partial charge in [0.15, 0.2) is 0 Å². The Labute approximate surface area is 154 Å². The number of hydrogen-bond acceptors (Lipinski definition) is 6. The molecule has 1 aliphatic heterocycles. The van der Waals surface area contributed by atoms with E-state index in [1.165, 1.54) is 17.4 Å². The molecule has 0 spiro atoms. The third-order valence-corrected chi connectivity index (χ3v) is 4.79. The number of likely N-dealkylation sites (N-methyl/N-ethyl adjacent to an activating group) is 1. The predicted octanol–water partition coefficient (Wildman–Crippen LogP) is 0.0774. The van der Waals surface area contributed by atoms with Gasteiger partial charge >= 0.3 is 0 Å². The van der Waals surface area contributed by atoms with Crippen molar-refractivity contribution >= 4 is 17.5 Å². The fourth-order valence-corrected chi connectivity index (χ4v) is 2.94. The number of hydrazine groups is 1. The van der Waals surface area contributed by atoms with Crippen molar-refractivity contribution in [1.29, 1.82) is 0 Å². The second-order valence-electron chi connectivity index (χ2n) is 6.64. The molecule has 8 nitrogen and oxygen atoms in total. The van der Waals surface area contributed by atoms with E-state index in [1.54, 1.807) is 24.3 Å². The molecular weight excluding hydrogens is 332 g/mol. The van der Waals surface area contributed by atoms with Crippen LogP contribution in [-0.4, -0.2) is 60.4 Å². The van der Waals surface area contributed by atoms with Gasteiger partial charge < -0.3 is 16.0 Å². The second kappa shape index (κ2) is 8.68. The van der Waals surface area contributed by atoms with Crippen LogP contribution in [-0.2, 0) is 4.79 Å². The minimum absolute atomic E-state index is 0.0112. The number of amides is 2. The van der Waals surface area contributed by atoms with Crippen LogP contribution in [0.15, 0.2) is 36.7 Å². The maximum absolute atomic E-state index is 12.4. The van der Waals surface area contributed by atoms with Crippen LogP contribution in [0.1, 0.15) is 24.2 Å². The number of rotatable bonds is 5. The summed E-state index contributed by atoms with van der Waals surface area (Å²) in [6.07, 6.45) is 2.83. The van der Waals surface area contributed by atoms with Crippen molar-refractivity contribution < 1.29 is 9.59 Å². The third kappa shape index (κ3) is 4.74. The summed E-state index contributed by atoms with van der Waals surface area (Å²) in [4.78, 5) is 28.7. The average molecular weight is 360 g/mol. The Morgan fingerprint density at radius 2 is 1.81 bits per heavy atom. The summed E-state index contributed by atoms with van der Waals surface area (Å²) in [5.74, 6) is 5.40. The zero-order valence-electron chi connectivity index (χ0n) is 15.6. The molecule has 1 aromatic carbocycles. The maximum Gasteiger partial charge on any atom is 0.251 e. The normalized spacial score (nSPS) is 21.0. The predicted molar refractivity (Wildman–Crippen MR) is 102 cm³/mol. The van der Waals surface area contributed by atoms with Gasteiger partial charge in [0.1, 0.15) is 0 Å². The number of anilines is 1. The Morgan fingerprint density at radius 1 is 1.23 bits per heavy atom. The minimum Gasteiger partial charge on any atom is -0.403 e. The largest absolute Gasteiger partial charge is 0.403 e. The molecule has 142 valence electrons. The van der Waals surface area contributed by atoms with Gasteiger partial charge in [0.2, 0.25) is 5.91 Å². The van der Waals surface area contributed by atoms with E-state index in [-0.39, 0.29) is 18.4 Å². The van der Waals surface area contributed by atoms with Gasteiger partial charge in [-0.2, -0.15) is 0 Å². The molecule has 0 aliphatic carbocycles. The van der Waals surface area contributed by atoms with Crippen molar-refractivity contribution in [2.75, 3.05) is 31.7 Å². The van der Waals surface area contributed by atoms with E-state index in [4.69, 9.17) is 11.6 Å². The number of carbonyl (C=O) groups is 2. The maximum atomic E-state index is 12.4. The van der Waals surface area contributed by atoms with Gasteiger partial charge in [0, 0.05) is 43.1 Å². The Kier molecular flexibility index (Phi) is 6.59. The van der Waals surface area contributed by atoms with Gasteiger partial charge in [0.05, 0.1) is 12.2 Å². The van der Waals surface area contributed by atoms with Crippen LogP contribution in [0.4, 0.5) is 5.69 Å². The Bertz CT molecular complexity index is 648. The smallest absolute Gasteiger partial charge is 0.251 e. The lowest BCUT2D eigenvalue weighted by molar-refractivity contribution is -0.134. The van der Waals surface area contributed by atoms with Gasteiger partial charge in [-0.25, -0.2) is 5.84 Å². The van der Waals surface area contributed by atoms with Gasteiger partial charge in [0.25, 0.3) is 5.91 Å². The Balaban J connectivity index is 1.89. The number of nitrogens with one attached hydrogen (secondary N) is 1. The fourth-order valence-electron chi connectivity index (χ4n) is 2.94. The SMILES string of the molecule is CC1CN(C(=O)CNC(=O)c2ccc(N(N)/C=C\N)cc2)CC(C)N1C. The van der Waals surface area contributed by atoms with E-state index in [0.717, 1.165) is 0 Å². The van der Waals surface area contributed by atoms with Crippen LogP contribution in [0.25, 0.3) is 0 Å². The van der Waals surface area contributed by atoms with E-state index >= 15 is 0 Å². The molecule has 0 aromatic heterocycles. The van der Waals surface area contributed by atoms with Crippen LogP contribution in [0.5, 0.6) is 0 Å². The van der Waals surface area contributed by atoms with E-state index in [2.05, 4.69) is 31.1 Å². The number of carbonyl (C=O) groups excluding carboxylic acids is 2. The molecule has 8 heteroatoms. The monoisotopic (exact) mass is 360 g/mol. The van der Waals surface area contributed by atoms with Crippen molar-refractivity contribution in [3.05, 3.63) is 42.2 Å². The molecule has 2 unspecified atom stereocenters. The molecule has 1 fully saturated rings. The van der Waals surface area contributed by atoms with Gasteiger partial charge in [-0.05, 0) is 45.2 Å². The van der Waals surface area contributed by atoms with Crippen LogP contribution in [0.3, 0.4) is 0 Å². The number of piperazine rings is 1. The van der Waals surface area contributed by atoms with E-state index in [9.17, 15) is 9.59 Å². The van der Waals surface area contributed by atoms with E-state index in [1.807, 2.05) is 4.90 Å². The van der Waals surface area contributed by atoms with Crippen LogP contribution < -0.4 is 21.9 Å². The molecule has 26 heavy (non-hydrogen) atoms. The van der Waals surface area contributed by atoms with Crippen molar-refractivity contribution in [2.45, 2.75) is 25.9 Å². The first-order chi connectivity index (χ1) is 12.3. The summed E-state index contributed by atoms with van der Waals surface area (Å²) in [5.41, 5.74) is 6.45. The summed E-state index contributed by atoms with van der Waals surface area (Å²) in [5, 5.41) is 4.04. The topological polar surface area (TPSA) is 108 Å². The van der Waals surface area contributed by atoms with Crippen molar-refractivity contribution in [3.8, 4) is 0 Å². The molecule has 0 saturated carbocycles. The van der Waals surface area contributed by atoms with Gasteiger partial charge in [-0.15, -0.1) is 0 Å². The first kappa shape index (κ1) is 19.7. The summed E-state index contributed by atoms with van der Waals surface area (Å²) < 4.78 is 0. The third-order valence-electron chi connectivity index (χ3n) is 4.79. The Morgan fingerprint density at radius 3 is 2.35 bits per heavy atom. The molecular formula is C18H28N6O2. The zero-order valence-corrected chi connectivity index (χ0v) is 15.6. The lowest BCUT2D eigenvalue weighted by Crippen LogP contribution is -2.57. The molecule has 0 bridgehead atoms.